The van der Waals surface area contributed by atoms with Gasteiger partial charge in [0.1, 0.15) is 0 Å². The van der Waals surface area contributed by atoms with Crippen molar-refractivity contribution in [2.75, 3.05) is 40.5 Å². The molecule has 18 atom stereocenters. The van der Waals surface area contributed by atoms with Crippen molar-refractivity contribution < 1.29 is 34.0 Å². The van der Waals surface area contributed by atoms with Gasteiger partial charge in [0.2, 0.25) is 0 Å². The summed E-state index contributed by atoms with van der Waals surface area (Å²) in [7, 11) is 3.81. The third kappa shape index (κ3) is 9.20. The summed E-state index contributed by atoms with van der Waals surface area (Å²) in [4.78, 5) is 12.4. The van der Waals surface area contributed by atoms with Crippen molar-refractivity contribution in [3.63, 3.8) is 0 Å². The SMILES string of the molecule is CNCCOC1CC(C2OC3C(CCC4C5C(CC(O)CC5OC)CC5(CCC(C(CCC6CCCCC6)C6CCC(N)NC6)C5)C43)C2COC(C)=O)CCC1O. The summed E-state index contributed by atoms with van der Waals surface area (Å²) in [5.74, 6) is 5.45. The van der Waals surface area contributed by atoms with Gasteiger partial charge in [-0.2, -0.15) is 0 Å². The van der Waals surface area contributed by atoms with Gasteiger partial charge < -0.3 is 45.5 Å². The van der Waals surface area contributed by atoms with E-state index in [-0.39, 0.29) is 59.9 Å². The fraction of sp³-hybridized carbons (Fsp3) is 0.979. The number of ether oxygens (including phenoxy) is 4. The highest BCUT2D eigenvalue weighted by Gasteiger charge is 2.66. The lowest BCUT2D eigenvalue weighted by Gasteiger charge is -2.61. The number of hydrogen-bond donors (Lipinski definition) is 5. The third-order valence-electron chi connectivity index (χ3n) is 18.0. The smallest absolute Gasteiger partial charge is 0.302 e. The van der Waals surface area contributed by atoms with Crippen molar-refractivity contribution in [1.29, 1.82) is 0 Å². The van der Waals surface area contributed by atoms with Crippen molar-refractivity contribution >= 4 is 5.97 Å². The van der Waals surface area contributed by atoms with Crippen molar-refractivity contribution in [2.24, 2.45) is 76.2 Å². The predicted octanol–water partition coefficient (Wildman–Crippen LogP) is 6.19. The van der Waals surface area contributed by atoms with E-state index in [0.29, 0.717) is 61.1 Å². The van der Waals surface area contributed by atoms with Crippen molar-refractivity contribution in [1.82, 2.24) is 10.6 Å². The molecule has 0 amide bonds. The molecule has 57 heavy (non-hydrogen) atoms. The molecule has 2 aliphatic heterocycles. The molecule has 0 aromatic carbocycles. The van der Waals surface area contributed by atoms with Crippen LogP contribution in [0, 0.1) is 70.5 Å². The molecule has 0 bridgehead atoms. The zero-order valence-corrected chi connectivity index (χ0v) is 35.9. The summed E-state index contributed by atoms with van der Waals surface area (Å²) >= 11 is 0. The Morgan fingerprint density at radius 2 is 1.74 bits per heavy atom. The Morgan fingerprint density at radius 3 is 2.49 bits per heavy atom. The average Bonchev–Trinajstić information content (AvgIpc) is 3.80. The standard InChI is InChI=1S/C47H81N3O7/c1-28(51)56-27-38-36-13-14-37-43-33(21-34(52)23-41(43)54-3)25-47(44(37)46(36)57-45(38)30-10-15-39(53)40(22-30)55-20-19-49-2)18-17-31(24-47)35(32-11-16-42(48)50-26-32)12-9-29-7-5-4-6-8-29/h29-46,49-50,52-53H,4-27,48H2,1-3H3. The van der Waals surface area contributed by atoms with Crippen LogP contribution < -0.4 is 16.4 Å². The van der Waals surface area contributed by atoms with Crippen LogP contribution in [0.25, 0.3) is 0 Å². The van der Waals surface area contributed by atoms with Crippen LogP contribution >= 0.6 is 0 Å². The maximum atomic E-state index is 12.4. The van der Waals surface area contributed by atoms with Crippen LogP contribution in [0.5, 0.6) is 0 Å². The summed E-state index contributed by atoms with van der Waals surface area (Å²) in [5, 5.41) is 29.2. The van der Waals surface area contributed by atoms with Gasteiger partial charge in [-0.3, -0.25) is 4.79 Å². The number of fused-ring (bicyclic) bond motifs is 6. The molecule has 6 saturated carbocycles. The highest BCUT2D eigenvalue weighted by molar-refractivity contribution is 5.65. The fourth-order valence-electron chi connectivity index (χ4n) is 15.6. The molecular weight excluding hydrogens is 719 g/mol. The number of carbonyl (C=O) groups excluding carboxylic acids is 1. The van der Waals surface area contributed by atoms with E-state index in [0.717, 1.165) is 69.9 Å². The minimum atomic E-state index is -0.458. The second kappa shape index (κ2) is 19.0. The van der Waals surface area contributed by atoms with Gasteiger partial charge in [-0.1, -0.05) is 38.5 Å². The highest BCUT2D eigenvalue weighted by atomic mass is 16.5. The van der Waals surface area contributed by atoms with Crippen LogP contribution in [0.4, 0.5) is 0 Å². The van der Waals surface area contributed by atoms with Crippen molar-refractivity contribution in [3.05, 3.63) is 0 Å². The molecular formula is C47H81N3O7. The second-order valence-electron chi connectivity index (χ2n) is 21.0. The molecule has 2 saturated heterocycles. The molecule has 6 aliphatic carbocycles. The van der Waals surface area contributed by atoms with E-state index in [1.807, 2.05) is 14.2 Å². The zero-order chi connectivity index (χ0) is 39.7. The van der Waals surface area contributed by atoms with Crippen LogP contribution in [0.3, 0.4) is 0 Å². The Bertz CT molecular complexity index is 1290. The summed E-state index contributed by atoms with van der Waals surface area (Å²) in [5.41, 5.74) is 6.60. The molecule has 10 nitrogen and oxygen atoms in total. The van der Waals surface area contributed by atoms with Gasteiger partial charge in [0.25, 0.3) is 0 Å². The molecule has 10 heteroatoms. The Morgan fingerprint density at radius 1 is 0.912 bits per heavy atom. The monoisotopic (exact) mass is 800 g/mol. The summed E-state index contributed by atoms with van der Waals surface area (Å²) < 4.78 is 26.2. The summed E-state index contributed by atoms with van der Waals surface area (Å²) in [6, 6.07) is 0. The molecule has 2 heterocycles. The fourth-order valence-corrected chi connectivity index (χ4v) is 15.6. The van der Waals surface area contributed by atoms with E-state index in [4.69, 9.17) is 24.7 Å². The van der Waals surface area contributed by atoms with Gasteiger partial charge >= 0.3 is 5.97 Å². The topological polar surface area (TPSA) is 145 Å². The van der Waals surface area contributed by atoms with Crippen LogP contribution in [-0.4, -0.2) is 99.4 Å². The molecule has 6 N–H and O–H groups in total. The predicted molar refractivity (Wildman–Crippen MR) is 221 cm³/mol. The molecule has 0 aromatic heterocycles. The number of rotatable bonds is 13. The average molecular weight is 800 g/mol. The Balaban J connectivity index is 1.10. The lowest BCUT2D eigenvalue weighted by Crippen LogP contribution is -2.59. The highest BCUT2D eigenvalue weighted by Crippen LogP contribution is 2.69. The number of nitrogens with one attached hydrogen (secondary N) is 2. The molecule has 8 aliphatic rings. The number of nitrogens with two attached hydrogens (primary N) is 1. The van der Waals surface area contributed by atoms with E-state index in [1.54, 1.807) is 6.92 Å². The lowest BCUT2D eigenvalue weighted by atomic mass is 9.45. The largest absolute Gasteiger partial charge is 0.465 e. The first-order valence-electron chi connectivity index (χ1n) is 24.1. The zero-order valence-electron chi connectivity index (χ0n) is 35.9. The number of piperidine rings is 1. The van der Waals surface area contributed by atoms with Gasteiger partial charge in [0, 0.05) is 26.5 Å². The van der Waals surface area contributed by atoms with E-state index < -0.39 is 6.10 Å². The van der Waals surface area contributed by atoms with Gasteiger partial charge in [0.05, 0.1) is 56.0 Å². The number of aliphatic hydroxyl groups excluding tert-OH is 2. The van der Waals surface area contributed by atoms with Crippen molar-refractivity contribution in [2.45, 2.75) is 178 Å². The van der Waals surface area contributed by atoms with E-state index in [1.165, 1.54) is 77.0 Å². The molecule has 8 rings (SSSR count). The Labute approximate surface area is 344 Å². The maximum absolute atomic E-state index is 12.4. The van der Waals surface area contributed by atoms with Crippen molar-refractivity contribution in [3.8, 4) is 0 Å². The van der Waals surface area contributed by atoms with Gasteiger partial charge in [-0.05, 0) is 168 Å². The molecule has 326 valence electrons. The Hall–Kier alpha value is -0.850. The van der Waals surface area contributed by atoms with Crippen LogP contribution in [0.15, 0.2) is 0 Å². The lowest BCUT2D eigenvalue weighted by molar-refractivity contribution is -0.192. The van der Waals surface area contributed by atoms with Crippen LogP contribution in [-0.2, 0) is 23.7 Å². The third-order valence-corrected chi connectivity index (χ3v) is 18.0. The maximum Gasteiger partial charge on any atom is 0.302 e. The molecule has 8 fully saturated rings. The number of hydrogen-bond acceptors (Lipinski definition) is 10. The van der Waals surface area contributed by atoms with Crippen LogP contribution in [0.1, 0.15) is 135 Å². The first-order chi connectivity index (χ1) is 27.7. The van der Waals surface area contributed by atoms with E-state index in [2.05, 4.69) is 10.6 Å². The molecule has 1 spiro atoms. The minimum absolute atomic E-state index is 0.0138. The Kier molecular flexibility index (Phi) is 14.3. The first kappa shape index (κ1) is 42.8. The second-order valence-corrected chi connectivity index (χ2v) is 21.0. The van der Waals surface area contributed by atoms with E-state index in [9.17, 15) is 15.0 Å². The molecule has 0 radical (unpaired) electrons. The van der Waals surface area contributed by atoms with Gasteiger partial charge in [-0.25, -0.2) is 0 Å². The number of aliphatic hydroxyl groups is 2. The quantitative estimate of drug-likeness (QED) is 0.108. The van der Waals surface area contributed by atoms with Crippen LogP contribution in [0.2, 0.25) is 0 Å². The van der Waals surface area contributed by atoms with Gasteiger partial charge in [0.15, 0.2) is 0 Å². The van der Waals surface area contributed by atoms with E-state index >= 15 is 0 Å². The first-order valence-corrected chi connectivity index (χ1v) is 24.1. The minimum Gasteiger partial charge on any atom is -0.465 e. The number of likely N-dealkylation sites (N-methyl/N-ethyl adjacent to an activating group) is 1. The number of methoxy groups -OCH3 is 1. The molecule has 18 unspecified atom stereocenters. The number of esters is 1. The summed E-state index contributed by atoms with van der Waals surface area (Å²) in [6.07, 6.45) is 22.9. The normalized spacial score (nSPS) is 46.9. The summed E-state index contributed by atoms with van der Waals surface area (Å²) in [6.45, 7) is 4.35. The number of carbonyl (C=O) groups is 1. The molecule has 0 aromatic rings. The van der Waals surface area contributed by atoms with Gasteiger partial charge in [-0.15, -0.1) is 0 Å².